The van der Waals surface area contributed by atoms with Crippen LogP contribution in [0.5, 0.6) is 5.75 Å². The van der Waals surface area contributed by atoms with Gasteiger partial charge in [-0.25, -0.2) is 9.59 Å². The first-order chi connectivity index (χ1) is 16.6. The van der Waals surface area contributed by atoms with Gasteiger partial charge in [-0.1, -0.05) is 57.2 Å². The van der Waals surface area contributed by atoms with E-state index in [1.54, 1.807) is 19.2 Å². The molecule has 35 heavy (non-hydrogen) atoms. The Labute approximate surface area is 206 Å². The fraction of sp³-hybridized carbons (Fsp3) is 0.444. The van der Waals surface area contributed by atoms with E-state index in [1.807, 2.05) is 36.4 Å². The molecule has 1 saturated heterocycles. The molecule has 0 spiro atoms. The number of carbonyl (C=O) groups is 3. The molecular formula is C27H34N2O6. The highest BCUT2D eigenvalue weighted by Gasteiger charge is 2.52. The third-order valence-electron chi connectivity index (χ3n) is 6.40. The monoisotopic (exact) mass is 482 g/mol. The van der Waals surface area contributed by atoms with Gasteiger partial charge in [-0.3, -0.25) is 4.79 Å². The smallest absolute Gasteiger partial charge is 0.409 e. The summed E-state index contributed by atoms with van der Waals surface area (Å²) in [6, 6.07) is 14.7. The zero-order valence-electron chi connectivity index (χ0n) is 21.3. The summed E-state index contributed by atoms with van der Waals surface area (Å²) in [7, 11) is 4.15. The van der Waals surface area contributed by atoms with Crippen LogP contribution < -0.4 is 4.74 Å². The molecule has 2 amide bonds. The summed E-state index contributed by atoms with van der Waals surface area (Å²) in [5, 5.41) is 0. The molecule has 1 unspecified atom stereocenters. The normalized spacial score (nSPS) is 18.1. The van der Waals surface area contributed by atoms with Crippen LogP contribution in [0.2, 0.25) is 0 Å². The number of nitrogens with zero attached hydrogens (tertiary/aromatic N) is 2. The molecule has 0 aromatic heterocycles. The minimum atomic E-state index is -1.43. The third kappa shape index (κ3) is 5.26. The Morgan fingerprint density at radius 3 is 2.20 bits per heavy atom. The fourth-order valence-electron chi connectivity index (χ4n) is 4.62. The van der Waals surface area contributed by atoms with Crippen LogP contribution in [0.1, 0.15) is 42.3 Å². The van der Waals surface area contributed by atoms with Crippen molar-refractivity contribution in [3.63, 3.8) is 0 Å². The van der Waals surface area contributed by atoms with Crippen LogP contribution in [0.25, 0.3) is 0 Å². The van der Waals surface area contributed by atoms with Gasteiger partial charge in [0, 0.05) is 25.1 Å². The minimum Gasteiger partial charge on any atom is -0.496 e. The summed E-state index contributed by atoms with van der Waals surface area (Å²) in [6.45, 7) is 6.52. The summed E-state index contributed by atoms with van der Waals surface area (Å²) in [5.41, 5.74) is 0.582. The Kier molecular flexibility index (Phi) is 7.73. The van der Waals surface area contributed by atoms with Gasteiger partial charge in [0.2, 0.25) is 0 Å². The number of carbonyl (C=O) groups excluding carboxylic acids is 3. The van der Waals surface area contributed by atoms with Crippen molar-refractivity contribution in [3.05, 3.63) is 65.2 Å². The number of amides is 2. The highest BCUT2D eigenvalue weighted by Crippen LogP contribution is 2.34. The first kappa shape index (κ1) is 26.1. The largest absolute Gasteiger partial charge is 0.496 e. The number of esters is 1. The molecule has 1 heterocycles. The minimum absolute atomic E-state index is 0.0514. The first-order valence-electron chi connectivity index (χ1n) is 11.5. The number of ether oxygens (including phenoxy) is 3. The maximum absolute atomic E-state index is 13.9. The molecule has 0 saturated carbocycles. The van der Waals surface area contributed by atoms with Gasteiger partial charge in [-0.15, -0.1) is 0 Å². The molecule has 2 aromatic carbocycles. The maximum atomic E-state index is 13.9. The standard InChI is InChI=1S/C27H34N2O6/c1-26(2,3)21-13-12-20(16-22(21)33-4)23(30)29-15-14-28(25(32)35-6)18-27(29,24(31)34-5)17-19-10-8-7-9-11-19/h7-13,16H,14-15,17-18H2,1-6H3. The Balaban J connectivity index is 2.10. The predicted octanol–water partition coefficient (Wildman–Crippen LogP) is 3.67. The lowest BCUT2D eigenvalue weighted by Gasteiger charge is -2.48. The van der Waals surface area contributed by atoms with Crippen molar-refractivity contribution in [3.8, 4) is 5.75 Å². The lowest BCUT2D eigenvalue weighted by molar-refractivity contribution is -0.157. The van der Waals surface area contributed by atoms with Crippen molar-refractivity contribution in [2.24, 2.45) is 0 Å². The summed E-state index contributed by atoms with van der Waals surface area (Å²) in [5.74, 6) is -0.334. The van der Waals surface area contributed by atoms with Crippen LogP contribution in [-0.4, -0.2) is 74.3 Å². The number of piperazine rings is 1. The van der Waals surface area contributed by atoms with Gasteiger partial charge in [0.05, 0.1) is 27.9 Å². The van der Waals surface area contributed by atoms with Crippen molar-refractivity contribution < 1.29 is 28.6 Å². The second-order valence-corrected chi connectivity index (χ2v) is 9.70. The Morgan fingerprint density at radius 1 is 0.943 bits per heavy atom. The van der Waals surface area contributed by atoms with Crippen LogP contribution in [0, 0.1) is 0 Å². The van der Waals surface area contributed by atoms with E-state index in [2.05, 4.69) is 20.8 Å². The number of benzene rings is 2. The van der Waals surface area contributed by atoms with Crippen LogP contribution in [-0.2, 0) is 26.1 Å². The number of rotatable bonds is 5. The number of hydrogen-bond donors (Lipinski definition) is 0. The van der Waals surface area contributed by atoms with Crippen LogP contribution >= 0.6 is 0 Å². The lowest BCUT2D eigenvalue weighted by atomic mass is 9.84. The molecule has 1 aliphatic rings. The van der Waals surface area contributed by atoms with Crippen molar-refractivity contribution in [2.75, 3.05) is 41.0 Å². The Morgan fingerprint density at radius 2 is 1.63 bits per heavy atom. The highest BCUT2D eigenvalue weighted by atomic mass is 16.5. The van der Waals surface area contributed by atoms with Gasteiger partial charge in [0.1, 0.15) is 5.75 Å². The molecule has 1 aliphatic heterocycles. The quantitative estimate of drug-likeness (QED) is 0.605. The topological polar surface area (TPSA) is 85.4 Å². The molecule has 1 atom stereocenters. The van der Waals surface area contributed by atoms with Gasteiger partial charge in [-0.05, 0) is 28.7 Å². The molecule has 0 N–H and O–H groups in total. The molecule has 1 fully saturated rings. The maximum Gasteiger partial charge on any atom is 0.409 e. The van der Waals surface area contributed by atoms with Crippen molar-refractivity contribution in [1.29, 1.82) is 0 Å². The molecule has 0 bridgehead atoms. The van der Waals surface area contributed by atoms with E-state index in [0.717, 1.165) is 11.1 Å². The summed E-state index contributed by atoms with van der Waals surface area (Å²) in [4.78, 5) is 42.7. The molecule has 188 valence electrons. The predicted molar refractivity (Wildman–Crippen MR) is 132 cm³/mol. The first-order valence-corrected chi connectivity index (χ1v) is 11.5. The van der Waals surface area contributed by atoms with Gasteiger partial charge in [0.15, 0.2) is 5.54 Å². The second-order valence-electron chi connectivity index (χ2n) is 9.70. The summed E-state index contributed by atoms with van der Waals surface area (Å²) >= 11 is 0. The SMILES string of the molecule is COC(=O)N1CCN(C(=O)c2ccc(C(C)(C)C)c(OC)c2)C(Cc2ccccc2)(C(=O)OC)C1. The second kappa shape index (κ2) is 10.4. The van der Waals surface area contributed by atoms with E-state index < -0.39 is 17.6 Å². The number of hydrogen-bond acceptors (Lipinski definition) is 6. The van der Waals surface area contributed by atoms with E-state index in [9.17, 15) is 14.4 Å². The highest BCUT2D eigenvalue weighted by molar-refractivity contribution is 5.99. The molecular weight excluding hydrogens is 448 g/mol. The summed E-state index contributed by atoms with van der Waals surface area (Å²) < 4.78 is 15.7. The molecule has 3 rings (SSSR count). The molecule has 0 aliphatic carbocycles. The molecule has 0 radical (unpaired) electrons. The zero-order chi connectivity index (χ0) is 25.8. The van der Waals surface area contributed by atoms with E-state index >= 15 is 0 Å². The van der Waals surface area contributed by atoms with Gasteiger partial charge in [-0.2, -0.15) is 0 Å². The lowest BCUT2D eigenvalue weighted by Crippen LogP contribution is -2.69. The van der Waals surface area contributed by atoms with Crippen molar-refractivity contribution in [2.45, 2.75) is 38.1 Å². The van der Waals surface area contributed by atoms with E-state index in [0.29, 0.717) is 11.3 Å². The van der Waals surface area contributed by atoms with Crippen molar-refractivity contribution >= 4 is 18.0 Å². The van der Waals surface area contributed by atoms with Crippen LogP contribution in [0.15, 0.2) is 48.5 Å². The fourth-order valence-corrected chi connectivity index (χ4v) is 4.62. The van der Waals surface area contributed by atoms with E-state index in [-0.39, 0.29) is 37.4 Å². The van der Waals surface area contributed by atoms with Gasteiger partial charge in [0.25, 0.3) is 5.91 Å². The van der Waals surface area contributed by atoms with Crippen LogP contribution in [0.3, 0.4) is 0 Å². The molecule has 2 aromatic rings. The van der Waals surface area contributed by atoms with Crippen LogP contribution in [0.4, 0.5) is 4.79 Å². The third-order valence-corrected chi connectivity index (χ3v) is 6.40. The average molecular weight is 483 g/mol. The molecule has 8 heteroatoms. The summed E-state index contributed by atoms with van der Waals surface area (Å²) in [6.07, 6.45) is -0.383. The zero-order valence-corrected chi connectivity index (χ0v) is 21.3. The van der Waals surface area contributed by atoms with Crippen molar-refractivity contribution in [1.82, 2.24) is 9.80 Å². The van der Waals surface area contributed by atoms with E-state index in [1.165, 1.54) is 24.0 Å². The average Bonchev–Trinajstić information content (AvgIpc) is 2.86. The molecule has 8 nitrogen and oxygen atoms in total. The number of methoxy groups -OCH3 is 3. The van der Waals surface area contributed by atoms with Gasteiger partial charge >= 0.3 is 12.1 Å². The van der Waals surface area contributed by atoms with Gasteiger partial charge < -0.3 is 24.0 Å². The Bertz CT molecular complexity index is 1080. The van der Waals surface area contributed by atoms with E-state index in [4.69, 9.17) is 14.2 Å². The Hall–Kier alpha value is -3.55.